The van der Waals surface area contributed by atoms with Gasteiger partial charge in [0.15, 0.2) is 11.2 Å². The van der Waals surface area contributed by atoms with Crippen molar-refractivity contribution in [2.75, 3.05) is 0 Å². The lowest BCUT2D eigenvalue weighted by atomic mass is 10.1. The molecule has 0 amide bonds. The van der Waals surface area contributed by atoms with Crippen molar-refractivity contribution in [2.24, 2.45) is 0 Å². The monoisotopic (exact) mass is 656 g/mol. The molecule has 0 unspecified atom stereocenters. The van der Waals surface area contributed by atoms with Crippen molar-refractivity contribution in [3.63, 3.8) is 0 Å². The summed E-state index contributed by atoms with van der Waals surface area (Å²) < 4.78 is 23.1. The quantitative estimate of drug-likeness (QED) is 0.186. The number of thiophene rings is 2. The van der Waals surface area contributed by atoms with Crippen LogP contribution in [0.25, 0.3) is 96.1 Å². The fourth-order valence-corrected chi connectivity index (χ4v) is 10.1. The average Bonchev–Trinajstić information content (AvgIpc) is 3.89. The van der Waals surface area contributed by atoms with E-state index in [4.69, 9.17) is 8.83 Å². The molecule has 0 aliphatic heterocycles. The minimum atomic E-state index is 0.934. The van der Waals surface area contributed by atoms with E-state index in [0.29, 0.717) is 0 Å². The first-order valence-electron chi connectivity index (χ1n) is 16.2. The molecule has 0 spiro atoms. The first-order valence-corrected chi connectivity index (χ1v) is 17.9. The number of rotatable bonds is 2. The van der Waals surface area contributed by atoms with Crippen LogP contribution in [0.3, 0.4) is 0 Å². The molecule has 0 N–H and O–H groups in total. The third-order valence-corrected chi connectivity index (χ3v) is 12.3. The van der Waals surface area contributed by atoms with Crippen LogP contribution in [0.1, 0.15) is 22.3 Å². The molecule has 11 rings (SSSR count). The van der Waals surface area contributed by atoms with Crippen LogP contribution in [0.5, 0.6) is 0 Å². The molecule has 0 saturated carbocycles. The van der Waals surface area contributed by atoms with Gasteiger partial charge in [-0.3, -0.25) is 0 Å². The lowest BCUT2D eigenvalue weighted by molar-refractivity contribution is 0.672. The summed E-state index contributed by atoms with van der Waals surface area (Å²) >= 11 is 3.66. The Balaban J connectivity index is 1.29. The van der Waals surface area contributed by atoms with Crippen molar-refractivity contribution < 1.29 is 8.83 Å². The smallest absolute Gasteiger partial charge is 0.171 e. The van der Waals surface area contributed by atoms with Crippen LogP contribution in [0.4, 0.5) is 0 Å². The molecule has 5 aromatic carbocycles. The number of nitrogens with zero attached hydrogens (tertiary/aromatic N) is 2. The lowest BCUT2D eigenvalue weighted by Gasteiger charge is -2.09. The Morgan fingerprint density at radius 1 is 0.417 bits per heavy atom. The molecular weight excluding hydrogens is 629 g/mol. The Kier molecular flexibility index (Phi) is 5.12. The minimum Gasteiger partial charge on any atom is -0.453 e. The predicted molar refractivity (Wildman–Crippen MR) is 204 cm³/mol. The summed E-state index contributed by atoms with van der Waals surface area (Å²) in [6.07, 6.45) is 0. The number of fused-ring (bicyclic) bond motifs is 14. The fraction of sp³-hybridized carbons (Fsp3) is 0.0952. The third kappa shape index (κ3) is 3.43. The zero-order valence-electron chi connectivity index (χ0n) is 26.8. The van der Waals surface area contributed by atoms with E-state index in [9.17, 15) is 0 Å². The number of hydrogen-bond donors (Lipinski definition) is 0. The SMILES string of the molecule is Cc1ccc(-n2c3c4ccc(C)cc4oc3c3sc4cc5c(cc4c32)sc2c3oc4cc(C)ccc4c3n(-c3ccc(C)cc3)c52)cc1. The molecule has 4 nitrogen and oxygen atoms in total. The molecule has 0 saturated heterocycles. The van der Waals surface area contributed by atoms with Crippen LogP contribution in [0.2, 0.25) is 0 Å². The van der Waals surface area contributed by atoms with Gasteiger partial charge in [-0.25, -0.2) is 0 Å². The summed E-state index contributed by atoms with van der Waals surface area (Å²) in [5.41, 5.74) is 15.7. The second kappa shape index (κ2) is 9.19. The molecule has 48 heavy (non-hydrogen) atoms. The fourth-order valence-electron chi connectivity index (χ4n) is 7.67. The first-order chi connectivity index (χ1) is 23.4. The summed E-state index contributed by atoms with van der Waals surface area (Å²) in [5, 5.41) is 4.78. The third-order valence-electron chi connectivity index (χ3n) is 9.98. The van der Waals surface area contributed by atoms with E-state index in [2.05, 4.69) is 134 Å². The van der Waals surface area contributed by atoms with Crippen LogP contribution in [-0.2, 0) is 0 Å². The van der Waals surface area contributed by atoms with E-state index >= 15 is 0 Å². The van der Waals surface area contributed by atoms with Crippen LogP contribution >= 0.6 is 22.7 Å². The van der Waals surface area contributed by atoms with Crippen molar-refractivity contribution in [3.05, 3.63) is 119 Å². The highest BCUT2D eigenvalue weighted by molar-refractivity contribution is 7.28. The average molecular weight is 657 g/mol. The highest BCUT2D eigenvalue weighted by Crippen LogP contribution is 2.51. The number of furan rings is 2. The van der Waals surface area contributed by atoms with Gasteiger partial charge in [0.2, 0.25) is 0 Å². The van der Waals surface area contributed by atoms with E-state index in [1.165, 1.54) is 62.9 Å². The number of hydrogen-bond acceptors (Lipinski definition) is 4. The number of aryl methyl sites for hydroxylation is 4. The molecule has 0 bridgehead atoms. The Morgan fingerprint density at radius 3 is 1.23 bits per heavy atom. The molecule has 6 heteroatoms. The highest BCUT2D eigenvalue weighted by atomic mass is 32.1. The van der Waals surface area contributed by atoms with Crippen LogP contribution in [-0.4, -0.2) is 9.13 Å². The van der Waals surface area contributed by atoms with Crippen molar-refractivity contribution in [1.29, 1.82) is 0 Å². The molecule has 6 heterocycles. The Labute approximate surface area is 282 Å². The van der Waals surface area contributed by atoms with Gasteiger partial charge in [0, 0.05) is 42.3 Å². The zero-order valence-corrected chi connectivity index (χ0v) is 28.4. The van der Waals surface area contributed by atoms with Crippen molar-refractivity contribution in [2.45, 2.75) is 27.7 Å². The standard InChI is InChI=1S/C42H28N2O2S2/c1-21-5-11-25(12-6-21)43-35-27-15-9-23(3)17-31(27)45-39(35)41-37(43)29-19-34-30(20-33(29)47-41)38-42(48-34)40-36(28-16-10-24(4)18-32(28)46-40)44(38)26-13-7-22(2)8-14-26/h5-20H,1-4H3. The molecule has 0 aliphatic carbocycles. The second-order valence-electron chi connectivity index (χ2n) is 13.3. The molecule has 0 aliphatic rings. The van der Waals surface area contributed by atoms with Gasteiger partial charge in [0.1, 0.15) is 22.2 Å². The molecular formula is C42H28N2O2S2. The van der Waals surface area contributed by atoms with Crippen molar-refractivity contribution in [3.8, 4) is 11.4 Å². The second-order valence-corrected chi connectivity index (χ2v) is 15.4. The van der Waals surface area contributed by atoms with Gasteiger partial charge in [-0.15, -0.1) is 22.7 Å². The number of aromatic nitrogens is 2. The topological polar surface area (TPSA) is 36.1 Å². The van der Waals surface area contributed by atoms with Crippen LogP contribution < -0.4 is 0 Å². The summed E-state index contributed by atoms with van der Waals surface area (Å²) in [6.45, 7) is 8.52. The van der Waals surface area contributed by atoms with Crippen molar-refractivity contribution >= 4 is 107 Å². The molecule has 0 radical (unpaired) electrons. The molecule has 230 valence electrons. The van der Waals surface area contributed by atoms with Gasteiger partial charge >= 0.3 is 0 Å². The maximum atomic E-state index is 6.69. The number of benzene rings is 5. The molecule has 11 aromatic rings. The Bertz CT molecular complexity index is 2920. The van der Waals surface area contributed by atoms with Crippen LogP contribution in [0, 0.1) is 27.7 Å². The summed E-state index contributed by atoms with van der Waals surface area (Å²) in [7, 11) is 0. The maximum Gasteiger partial charge on any atom is 0.171 e. The highest BCUT2D eigenvalue weighted by Gasteiger charge is 2.27. The molecule has 0 fully saturated rings. The van der Waals surface area contributed by atoms with E-state index in [1.807, 2.05) is 22.7 Å². The molecule has 0 atom stereocenters. The van der Waals surface area contributed by atoms with Gasteiger partial charge in [0.05, 0.1) is 20.4 Å². The largest absolute Gasteiger partial charge is 0.453 e. The first kappa shape index (κ1) is 26.7. The summed E-state index contributed by atoms with van der Waals surface area (Å²) in [6, 6.07) is 35.6. The van der Waals surface area contributed by atoms with Crippen molar-refractivity contribution in [1.82, 2.24) is 9.13 Å². The van der Waals surface area contributed by atoms with Crippen LogP contribution in [0.15, 0.2) is 106 Å². The van der Waals surface area contributed by atoms with Gasteiger partial charge in [-0.05, 0) is 99.5 Å². The minimum absolute atomic E-state index is 0.934. The zero-order chi connectivity index (χ0) is 32.0. The van der Waals surface area contributed by atoms with E-state index in [1.54, 1.807) is 0 Å². The van der Waals surface area contributed by atoms with Gasteiger partial charge < -0.3 is 18.0 Å². The van der Waals surface area contributed by atoms with Gasteiger partial charge in [0.25, 0.3) is 0 Å². The Hall–Kier alpha value is -5.30. The van der Waals surface area contributed by atoms with Gasteiger partial charge in [-0.2, -0.15) is 0 Å². The predicted octanol–water partition coefficient (Wildman–Crippen LogP) is 13.0. The van der Waals surface area contributed by atoms with E-state index in [-0.39, 0.29) is 0 Å². The maximum absolute atomic E-state index is 6.69. The van der Waals surface area contributed by atoms with E-state index in [0.717, 1.165) is 55.5 Å². The molecule has 6 aromatic heterocycles. The lowest BCUT2D eigenvalue weighted by Crippen LogP contribution is -1.94. The van der Waals surface area contributed by atoms with E-state index < -0.39 is 0 Å². The summed E-state index contributed by atoms with van der Waals surface area (Å²) in [4.78, 5) is 0. The van der Waals surface area contributed by atoms with Gasteiger partial charge in [-0.1, -0.05) is 47.5 Å². The normalized spacial score (nSPS) is 12.6. The summed E-state index contributed by atoms with van der Waals surface area (Å²) in [5.74, 6) is 0. The Morgan fingerprint density at radius 2 is 0.812 bits per heavy atom.